The molecule has 0 bridgehead atoms. The van der Waals surface area contributed by atoms with E-state index in [2.05, 4.69) is 5.43 Å². The summed E-state index contributed by atoms with van der Waals surface area (Å²) in [5.74, 6) is 5.17. The minimum absolute atomic E-state index is 0.0939. The van der Waals surface area contributed by atoms with Gasteiger partial charge in [-0.15, -0.1) is 0 Å². The lowest BCUT2D eigenvalue weighted by Gasteiger charge is -2.19. The van der Waals surface area contributed by atoms with Crippen molar-refractivity contribution in [3.63, 3.8) is 0 Å². The fourth-order valence-electron chi connectivity index (χ4n) is 2.22. The Labute approximate surface area is 121 Å². The summed E-state index contributed by atoms with van der Waals surface area (Å²) in [5.41, 5.74) is 0.779. The average molecular weight is 316 g/mol. The fraction of sp³-hybridized carbons (Fsp3) is 0.455. The Hall–Kier alpha value is -1.75. The molecule has 1 aromatic rings. The van der Waals surface area contributed by atoms with Gasteiger partial charge in [-0.2, -0.15) is 4.31 Å². The number of nitrogens with zero attached hydrogens (tertiary/aromatic N) is 2. The fourth-order valence-corrected chi connectivity index (χ4v) is 3.91. The van der Waals surface area contributed by atoms with Crippen LogP contribution in [0.1, 0.15) is 13.3 Å². The number of rotatable bonds is 4. The lowest BCUT2D eigenvalue weighted by Crippen LogP contribution is -2.34. The predicted molar refractivity (Wildman–Crippen MR) is 74.9 cm³/mol. The van der Waals surface area contributed by atoms with Gasteiger partial charge in [0.15, 0.2) is 4.90 Å². The normalized spacial score (nSPS) is 23.2. The summed E-state index contributed by atoms with van der Waals surface area (Å²) in [5, 5.41) is 21.0. The Balaban J connectivity index is 2.48. The summed E-state index contributed by atoms with van der Waals surface area (Å²) in [4.78, 5) is 9.89. The largest absolute Gasteiger partial charge is 0.389 e. The van der Waals surface area contributed by atoms with Crippen molar-refractivity contribution >= 4 is 21.4 Å². The van der Waals surface area contributed by atoms with E-state index in [0.717, 1.165) is 16.4 Å². The number of nitro benzene ring substituents is 1. The molecular weight excluding hydrogens is 300 g/mol. The van der Waals surface area contributed by atoms with Crippen LogP contribution in [0.5, 0.6) is 0 Å². The standard InChI is InChI=1S/C11H16N4O5S/c1-11(16)4-5-14(7-11)21(19,20)10-3-2-8(13-12)6-9(10)15(17)18/h2-3,6,13,16H,4-5,7,12H2,1H3. The highest BCUT2D eigenvalue weighted by Gasteiger charge is 2.40. The first-order chi connectivity index (χ1) is 9.67. The molecule has 0 radical (unpaired) electrons. The molecule has 21 heavy (non-hydrogen) atoms. The number of hydrogen-bond donors (Lipinski definition) is 3. The number of nitrogens with two attached hydrogens (primary N) is 1. The number of nitrogen functional groups attached to an aromatic ring is 1. The van der Waals surface area contributed by atoms with Crippen LogP contribution >= 0.6 is 0 Å². The average Bonchev–Trinajstić information content (AvgIpc) is 2.79. The van der Waals surface area contributed by atoms with E-state index < -0.39 is 31.1 Å². The molecular formula is C11H16N4O5S. The van der Waals surface area contributed by atoms with Crippen molar-refractivity contribution in [1.82, 2.24) is 4.31 Å². The van der Waals surface area contributed by atoms with Crippen LogP contribution in [0.25, 0.3) is 0 Å². The van der Waals surface area contributed by atoms with E-state index >= 15 is 0 Å². The summed E-state index contributed by atoms with van der Waals surface area (Å²) < 4.78 is 26.1. The topological polar surface area (TPSA) is 139 Å². The summed E-state index contributed by atoms with van der Waals surface area (Å²) >= 11 is 0. The Morgan fingerprint density at radius 2 is 2.19 bits per heavy atom. The highest BCUT2D eigenvalue weighted by molar-refractivity contribution is 7.89. The Bertz CT molecular complexity index is 673. The Morgan fingerprint density at radius 1 is 1.52 bits per heavy atom. The first-order valence-electron chi connectivity index (χ1n) is 6.15. The van der Waals surface area contributed by atoms with Gasteiger partial charge >= 0.3 is 0 Å². The maximum absolute atomic E-state index is 12.5. The van der Waals surface area contributed by atoms with Gasteiger partial charge in [-0.1, -0.05) is 0 Å². The molecule has 0 saturated carbocycles. The molecule has 4 N–H and O–H groups in total. The van der Waals surface area contributed by atoms with Gasteiger partial charge in [0.05, 0.1) is 16.2 Å². The summed E-state index contributed by atoms with van der Waals surface area (Å²) in [6, 6.07) is 3.53. The van der Waals surface area contributed by atoms with Gasteiger partial charge < -0.3 is 10.5 Å². The minimum atomic E-state index is -4.05. The molecule has 1 heterocycles. The van der Waals surface area contributed by atoms with E-state index in [9.17, 15) is 23.6 Å². The third kappa shape index (κ3) is 2.97. The molecule has 0 amide bonds. The molecule has 1 aliphatic rings. The van der Waals surface area contributed by atoms with Crippen LogP contribution < -0.4 is 11.3 Å². The van der Waals surface area contributed by atoms with Gasteiger partial charge in [0.1, 0.15) is 0 Å². The number of nitrogens with one attached hydrogen (secondary N) is 1. The number of aliphatic hydroxyl groups is 1. The third-order valence-electron chi connectivity index (χ3n) is 3.36. The van der Waals surface area contributed by atoms with E-state index in [4.69, 9.17) is 5.84 Å². The highest BCUT2D eigenvalue weighted by atomic mass is 32.2. The zero-order valence-corrected chi connectivity index (χ0v) is 12.1. The SMILES string of the molecule is CC1(O)CCN(S(=O)(=O)c2ccc(NN)cc2[N+](=O)[O-])C1. The summed E-state index contributed by atoms with van der Waals surface area (Å²) in [7, 11) is -4.05. The predicted octanol–water partition coefficient (Wildman–Crippen LogP) is 0.0258. The Morgan fingerprint density at radius 3 is 2.67 bits per heavy atom. The molecule has 1 fully saturated rings. The molecule has 1 aliphatic heterocycles. The van der Waals surface area contributed by atoms with Crippen molar-refractivity contribution in [2.45, 2.75) is 23.8 Å². The Kier molecular flexibility index (Phi) is 3.89. The molecule has 9 nitrogen and oxygen atoms in total. The highest BCUT2D eigenvalue weighted by Crippen LogP contribution is 2.32. The van der Waals surface area contributed by atoms with Crippen molar-refractivity contribution in [2.75, 3.05) is 18.5 Å². The van der Waals surface area contributed by atoms with Gasteiger partial charge in [0.25, 0.3) is 5.69 Å². The van der Waals surface area contributed by atoms with Crippen molar-refractivity contribution in [3.8, 4) is 0 Å². The lowest BCUT2D eigenvalue weighted by molar-refractivity contribution is -0.387. The number of nitro groups is 1. The lowest BCUT2D eigenvalue weighted by atomic mass is 10.1. The monoisotopic (exact) mass is 316 g/mol. The maximum Gasteiger partial charge on any atom is 0.291 e. The van der Waals surface area contributed by atoms with E-state index in [1.54, 1.807) is 0 Å². The number of β-amino-alcohol motifs (C(OH)–C–C–N with tert-alkyl or cyclic N) is 1. The van der Waals surface area contributed by atoms with Gasteiger partial charge in [-0.05, 0) is 25.5 Å². The molecule has 116 valence electrons. The molecule has 0 spiro atoms. The zero-order chi connectivity index (χ0) is 15.8. The number of hydrogen-bond acceptors (Lipinski definition) is 7. The van der Waals surface area contributed by atoms with Crippen LogP contribution in [0, 0.1) is 10.1 Å². The van der Waals surface area contributed by atoms with Gasteiger partial charge in [-0.25, -0.2) is 8.42 Å². The second-order valence-corrected chi connectivity index (χ2v) is 7.08. The first kappa shape index (κ1) is 15.6. The summed E-state index contributed by atoms with van der Waals surface area (Å²) in [6.45, 7) is 1.55. The second kappa shape index (κ2) is 5.22. The smallest absolute Gasteiger partial charge is 0.291 e. The van der Waals surface area contributed by atoms with Crippen molar-refractivity contribution in [3.05, 3.63) is 28.3 Å². The molecule has 1 unspecified atom stereocenters. The van der Waals surface area contributed by atoms with E-state index in [0.29, 0.717) is 0 Å². The van der Waals surface area contributed by atoms with Crippen LogP contribution in [-0.2, 0) is 10.0 Å². The third-order valence-corrected chi connectivity index (χ3v) is 5.25. The van der Waals surface area contributed by atoms with E-state index in [1.165, 1.54) is 13.0 Å². The molecule has 0 aliphatic carbocycles. The minimum Gasteiger partial charge on any atom is -0.389 e. The first-order valence-corrected chi connectivity index (χ1v) is 7.59. The summed E-state index contributed by atoms with van der Waals surface area (Å²) in [6.07, 6.45) is 0.280. The van der Waals surface area contributed by atoms with Crippen LogP contribution in [0.4, 0.5) is 11.4 Å². The zero-order valence-electron chi connectivity index (χ0n) is 11.3. The molecule has 1 aromatic carbocycles. The van der Waals surface area contributed by atoms with Crippen LogP contribution in [0.3, 0.4) is 0 Å². The molecule has 2 rings (SSSR count). The second-order valence-electron chi connectivity index (χ2n) is 5.17. The van der Waals surface area contributed by atoms with E-state index in [1.807, 2.05) is 0 Å². The maximum atomic E-state index is 12.5. The molecule has 10 heteroatoms. The van der Waals surface area contributed by atoms with Gasteiger partial charge in [-0.3, -0.25) is 16.0 Å². The molecule has 1 saturated heterocycles. The molecule has 0 aromatic heterocycles. The van der Waals surface area contributed by atoms with Gasteiger partial charge in [0.2, 0.25) is 10.0 Å². The van der Waals surface area contributed by atoms with Crippen molar-refractivity contribution < 1.29 is 18.4 Å². The van der Waals surface area contributed by atoms with E-state index in [-0.39, 0.29) is 25.2 Å². The van der Waals surface area contributed by atoms with Crippen molar-refractivity contribution in [1.29, 1.82) is 0 Å². The number of sulfonamides is 1. The number of hydrazine groups is 1. The quantitative estimate of drug-likeness (QED) is 0.404. The van der Waals surface area contributed by atoms with Crippen LogP contribution in [0.15, 0.2) is 23.1 Å². The number of anilines is 1. The number of benzene rings is 1. The van der Waals surface area contributed by atoms with Gasteiger partial charge in [0, 0.05) is 19.2 Å². The van der Waals surface area contributed by atoms with Crippen LogP contribution in [-0.4, -0.2) is 41.4 Å². The molecule has 1 atom stereocenters. The van der Waals surface area contributed by atoms with Crippen LogP contribution in [0.2, 0.25) is 0 Å². The van der Waals surface area contributed by atoms with Crippen molar-refractivity contribution in [2.24, 2.45) is 5.84 Å².